The van der Waals surface area contributed by atoms with E-state index in [1.54, 1.807) is 0 Å². The largest absolute Gasteiger partial charge is 0.472 e. The van der Waals surface area contributed by atoms with Crippen LogP contribution in [-0.2, 0) is 27.9 Å². The highest BCUT2D eigenvalue weighted by Crippen LogP contribution is 2.43. The average molecular weight is 857 g/mol. The Morgan fingerprint density at radius 1 is 0.525 bits per heavy atom. The third kappa shape index (κ3) is 46.0. The minimum absolute atomic E-state index is 0.0493. The summed E-state index contributed by atoms with van der Waals surface area (Å²) in [4.78, 5) is 22.7. The SMILES string of the molecule is CCCCCCC/C=C\C/C=C\C/C=C\CCCCCCCCCCC(=O)OC(COCCCCCCCCCCCCCCCCC)COP(=O)(O)OCC(O)CO. The first-order chi connectivity index (χ1) is 28.8. The topological polar surface area (TPSA) is 132 Å². The number of hydrogen-bond donors (Lipinski definition) is 3. The molecule has 0 aromatic carbocycles. The number of carbonyl (C=O) groups is 1. The van der Waals surface area contributed by atoms with Crippen LogP contribution >= 0.6 is 7.82 Å². The van der Waals surface area contributed by atoms with Crippen molar-refractivity contribution >= 4 is 13.8 Å². The summed E-state index contributed by atoms with van der Waals surface area (Å²) < 4.78 is 33.5. The number of carbonyl (C=O) groups excluding carboxylic acids is 1. The third-order valence-electron chi connectivity index (χ3n) is 10.6. The fourth-order valence-electron chi connectivity index (χ4n) is 6.83. The number of phosphoric ester groups is 1. The van der Waals surface area contributed by atoms with E-state index in [4.69, 9.17) is 23.6 Å². The molecule has 0 spiro atoms. The molecule has 59 heavy (non-hydrogen) atoms. The molecule has 0 aromatic rings. The number of unbranched alkanes of at least 4 members (excludes halogenated alkanes) is 27. The van der Waals surface area contributed by atoms with E-state index in [1.807, 2.05) is 0 Å². The van der Waals surface area contributed by atoms with Crippen LogP contribution in [0.4, 0.5) is 0 Å². The standard InChI is InChI=1S/C49H93O9P/c1-3-5-7-9-11-13-15-17-19-20-21-22-23-24-25-26-27-29-31-33-35-37-39-41-49(52)58-48(46-57-59(53,54)56-44-47(51)43-50)45-55-42-40-38-36-34-32-30-28-18-16-14-12-10-8-6-4-2/h15,17,20-21,23-24,47-48,50-51H,3-14,16,18-19,22,25-46H2,1-2H3,(H,53,54)/b17-15-,21-20-,24-23-. The van der Waals surface area contributed by atoms with Crippen molar-refractivity contribution in [2.75, 3.05) is 33.0 Å². The Hall–Kier alpha value is -1.32. The van der Waals surface area contributed by atoms with Crippen LogP contribution in [0, 0.1) is 0 Å². The van der Waals surface area contributed by atoms with Crippen LogP contribution in [0.25, 0.3) is 0 Å². The van der Waals surface area contributed by atoms with E-state index in [0.29, 0.717) is 6.61 Å². The molecule has 3 atom stereocenters. The number of ether oxygens (including phenoxy) is 2. The van der Waals surface area contributed by atoms with Gasteiger partial charge in [-0.15, -0.1) is 0 Å². The van der Waals surface area contributed by atoms with Gasteiger partial charge in [0, 0.05) is 13.0 Å². The molecule has 0 fully saturated rings. The van der Waals surface area contributed by atoms with Gasteiger partial charge in [-0.1, -0.05) is 204 Å². The monoisotopic (exact) mass is 857 g/mol. The van der Waals surface area contributed by atoms with E-state index < -0.39 is 33.2 Å². The maximum atomic E-state index is 12.7. The quantitative estimate of drug-likeness (QED) is 0.0237. The number of aliphatic hydroxyl groups excluding tert-OH is 2. The minimum Gasteiger partial charge on any atom is -0.457 e. The van der Waals surface area contributed by atoms with Crippen molar-refractivity contribution in [1.82, 2.24) is 0 Å². The molecule has 0 aliphatic carbocycles. The molecule has 10 heteroatoms. The number of allylic oxidation sites excluding steroid dienone is 6. The van der Waals surface area contributed by atoms with Crippen LogP contribution in [0.3, 0.4) is 0 Å². The van der Waals surface area contributed by atoms with Gasteiger partial charge in [0.15, 0.2) is 0 Å². The molecular weight excluding hydrogens is 764 g/mol. The highest BCUT2D eigenvalue weighted by Gasteiger charge is 2.26. The van der Waals surface area contributed by atoms with Crippen molar-refractivity contribution in [1.29, 1.82) is 0 Å². The lowest BCUT2D eigenvalue weighted by Gasteiger charge is -2.20. The van der Waals surface area contributed by atoms with Gasteiger partial charge in [-0.3, -0.25) is 13.8 Å². The molecule has 0 bridgehead atoms. The van der Waals surface area contributed by atoms with E-state index in [9.17, 15) is 19.4 Å². The summed E-state index contributed by atoms with van der Waals surface area (Å²) in [5.41, 5.74) is 0. The second-order valence-electron chi connectivity index (χ2n) is 16.5. The van der Waals surface area contributed by atoms with E-state index in [2.05, 4.69) is 50.3 Å². The number of hydrogen-bond acceptors (Lipinski definition) is 8. The zero-order valence-electron chi connectivity index (χ0n) is 38.2. The van der Waals surface area contributed by atoms with Crippen LogP contribution in [-0.4, -0.2) is 66.3 Å². The van der Waals surface area contributed by atoms with Crippen LogP contribution in [0.2, 0.25) is 0 Å². The Bertz CT molecular complexity index is 1020. The zero-order chi connectivity index (χ0) is 43.2. The summed E-state index contributed by atoms with van der Waals surface area (Å²) >= 11 is 0. The Kier molecular flexibility index (Phi) is 45.2. The number of rotatable bonds is 47. The predicted octanol–water partition coefficient (Wildman–Crippen LogP) is 14.0. The van der Waals surface area contributed by atoms with Gasteiger partial charge in [-0.05, 0) is 51.4 Å². The van der Waals surface area contributed by atoms with Gasteiger partial charge in [-0.25, -0.2) is 4.57 Å². The molecule has 0 saturated heterocycles. The predicted molar refractivity (Wildman–Crippen MR) is 247 cm³/mol. The van der Waals surface area contributed by atoms with E-state index >= 15 is 0 Å². The molecule has 3 N–H and O–H groups in total. The molecule has 3 unspecified atom stereocenters. The Balaban J connectivity index is 4.10. The molecule has 0 aromatic heterocycles. The first-order valence-corrected chi connectivity index (χ1v) is 26.0. The van der Waals surface area contributed by atoms with Gasteiger partial charge in [0.1, 0.15) is 12.2 Å². The van der Waals surface area contributed by atoms with Crippen LogP contribution in [0.5, 0.6) is 0 Å². The Labute approximate surface area is 363 Å². The molecular formula is C49H93O9P. The summed E-state index contributed by atoms with van der Waals surface area (Å²) in [5.74, 6) is -0.387. The van der Waals surface area contributed by atoms with Crippen LogP contribution in [0.1, 0.15) is 226 Å². The van der Waals surface area contributed by atoms with Crippen molar-refractivity contribution in [3.63, 3.8) is 0 Å². The summed E-state index contributed by atoms with van der Waals surface area (Å²) in [6.07, 6.45) is 51.0. The Morgan fingerprint density at radius 2 is 0.915 bits per heavy atom. The van der Waals surface area contributed by atoms with Crippen LogP contribution < -0.4 is 0 Å². The first kappa shape index (κ1) is 57.7. The minimum atomic E-state index is -4.52. The van der Waals surface area contributed by atoms with Crippen molar-refractivity contribution in [2.24, 2.45) is 0 Å². The van der Waals surface area contributed by atoms with Gasteiger partial charge in [0.05, 0.1) is 26.4 Å². The number of phosphoric acid groups is 1. The molecule has 0 amide bonds. The smallest absolute Gasteiger partial charge is 0.457 e. The fourth-order valence-corrected chi connectivity index (χ4v) is 7.62. The lowest BCUT2D eigenvalue weighted by Crippen LogP contribution is -2.29. The average Bonchev–Trinajstić information content (AvgIpc) is 3.23. The van der Waals surface area contributed by atoms with Gasteiger partial charge in [0.2, 0.25) is 0 Å². The summed E-state index contributed by atoms with van der Waals surface area (Å²) in [6.45, 7) is 3.53. The molecule has 348 valence electrons. The fraction of sp³-hybridized carbons (Fsp3) is 0.857. The molecule has 0 heterocycles. The third-order valence-corrected chi connectivity index (χ3v) is 11.5. The second kappa shape index (κ2) is 46.2. The summed E-state index contributed by atoms with van der Waals surface area (Å²) in [6, 6.07) is 0. The maximum absolute atomic E-state index is 12.7. The van der Waals surface area contributed by atoms with E-state index in [1.165, 1.54) is 148 Å². The zero-order valence-corrected chi connectivity index (χ0v) is 39.1. The maximum Gasteiger partial charge on any atom is 0.472 e. The number of esters is 1. The van der Waals surface area contributed by atoms with Gasteiger partial charge in [-0.2, -0.15) is 0 Å². The first-order valence-electron chi connectivity index (χ1n) is 24.5. The molecule has 0 radical (unpaired) electrons. The van der Waals surface area contributed by atoms with Crippen molar-refractivity contribution in [3.8, 4) is 0 Å². The lowest BCUT2D eigenvalue weighted by atomic mass is 10.0. The second-order valence-corrected chi connectivity index (χ2v) is 17.9. The molecule has 0 aliphatic heterocycles. The molecule has 0 saturated carbocycles. The molecule has 9 nitrogen and oxygen atoms in total. The van der Waals surface area contributed by atoms with Crippen molar-refractivity contribution in [3.05, 3.63) is 36.5 Å². The molecule has 0 aliphatic rings. The van der Waals surface area contributed by atoms with Crippen LogP contribution in [0.15, 0.2) is 36.5 Å². The lowest BCUT2D eigenvalue weighted by molar-refractivity contribution is -0.154. The van der Waals surface area contributed by atoms with Crippen molar-refractivity contribution in [2.45, 2.75) is 238 Å². The molecule has 0 rings (SSSR count). The van der Waals surface area contributed by atoms with Crippen molar-refractivity contribution < 1.29 is 43.0 Å². The summed E-state index contributed by atoms with van der Waals surface area (Å²) in [7, 11) is -4.52. The van der Waals surface area contributed by atoms with Gasteiger partial charge < -0.3 is 24.6 Å². The highest BCUT2D eigenvalue weighted by atomic mass is 31.2. The van der Waals surface area contributed by atoms with Gasteiger partial charge >= 0.3 is 13.8 Å². The normalized spacial score (nSPS) is 14.2. The van der Waals surface area contributed by atoms with E-state index in [-0.39, 0.29) is 25.6 Å². The summed E-state index contributed by atoms with van der Waals surface area (Å²) in [5, 5.41) is 18.4. The Morgan fingerprint density at radius 3 is 1.37 bits per heavy atom. The highest BCUT2D eigenvalue weighted by molar-refractivity contribution is 7.47. The van der Waals surface area contributed by atoms with E-state index in [0.717, 1.165) is 57.8 Å². The van der Waals surface area contributed by atoms with Gasteiger partial charge in [0.25, 0.3) is 0 Å². The number of aliphatic hydroxyl groups is 2.